The second-order valence-corrected chi connectivity index (χ2v) is 7.30. The third-order valence-corrected chi connectivity index (χ3v) is 4.78. The van der Waals surface area contributed by atoms with E-state index in [4.69, 9.17) is 14.6 Å². The minimum atomic E-state index is -3.72. The van der Waals surface area contributed by atoms with E-state index in [-0.39, 0.29) is 17.5 Å². The van der Waals surface area contributed by atoms with Crippen LogP contribution in [0.5, 0.6) is 11.5 Å². The lowest BCUT2D eigenvalue weighted by molar-refractivity contribution is 0.240. The Morgan fingerprint density at radius 3 is 2.19 bits per heavy atom. The predicted molar refractivity (Wildman–Crippen MR) is 101 cm³/mol. The predicted octanol–water partition coefficient (Wildman–Crippen LogP) is 1.39. The maximum absolute atomic E-state index is 11.9. The van der Waals surface area contributed by atoms with Gasteiger partial charge in [0.2, 0.25) is 10.0 Å². The van der Waals surface area contributed by atoms with E-state index in [2.05, 4.69) is 10.6 Å². The van der Waals surface area contributed by atoms with Gasteiger partial charge in [0.05, 0.1) is 19.1 Å². The molecule has 8 nitrogen and oxygen atoms in total. The summed E-state index contributed by atoms with van der Waals surface area (Å²) < 4.78 is 32.8. The number of carbonyl (C=O) groups excluding carboxylic acids is 1. The second-order valence-electron chi connectivity index (χ2n) is 5.74. The maximum Gasteiger partial charge on any atom is 0.315 e. The van der Waals surface area contributed by atoms with Crippen molar-refractivity contribution in [3.8, 4) is 11.5 Å². The van der Waals surface area contributed by atoms with Crippen molar-refractivity contribution in [1.29, 1.82) is 0 Å². The van der Waals surface area contributed by atoms with E-state index in [0.717, 1.165) is 11.1 Å². The van der Waals surface area contributed by atoms with Crippen LogP contribution in [0.4, 0.5) is 4.79 Å². The summed E-state index contributed by atoms with van der Waals surface area (Å²) in [4.78, 5) is 11.9. The average Bonchev–Trinajstić information content (AvgIpc) is 2.65. The highest BCUT2D eigenvalue weighted by Crippen LogP contribution is 2.27. The van der Waals surface area contributed by atoms with Crippen molar-refractivity contribution in [2.45, 2.75) is 17.9 Å². The number of nitrogens with two attached hydrogens (primary N) is 1. The highest BCUT2D eigenvalue weighted by Gasteiger charge is 2.08. The van der Waals surface area contributed by atoms with Gasteiger partial charge in [-0.3, -0.25) is 0 Å². The molecule has 27 heavy (non-hydrogen) atoms. The minimum absolute atomic E-state index is 0.0330. The fraction of sp³-hybridized carbons (Fsp3) is 0.278. The molecule has 9 heteroatoms. The molecule has 0 aromatic heterocycles. The Hall–Kier alpha value is -2.78. The van der Waals surface area contributed by atoms with E-state index < -0.39 is 10.0 Å². The Kier molecular flexibility index (Phi) is 7.03. The summed E-state index contributed by atoms with van der Waals surface area (Å²) >= 11 is 0. The van der Waals surface area contributed by atoms with Crippen LogP contribution in [0.2, 0.25) is 0 Å². The largest absolute Gasteiger partial charge is 0.493 e. The molecule has 4 N–H and O–H groups in total. The average molecular weight is 393 g/mol. The Morgan fingerprint density at radius 2 is 1.59 bits per heavy atom. The van der Waals surface area contributed by atoms with E-state index in [1.807, 2.05) is 18.2 Å². The maximum atomic E-state index is 11.9. The molecule has 0 aliphatic heterocycles. The number of urea groups is 1. The van der Waals surface area contributed by atoms with Crippen molar-refractivity contribution >= 4 is 16.1 Å². The van der Waals surface area contributed by atoms with Crippen LogP contribution in [-0.4, -0.2) is 35.2 Å². The van der Waals surface area contributed by atoms with Crippen LogP contribution in [0.1, 0.15) is 11.1 Å². The number of rotatable bonds is 8. The molecule has 0 aliphatic carbocycles. The van der Waals surface area contributed by atoms with Crippen LogP contribution >= 0.6 is 0 Å². The van der Waals surface area contributed by atoms with Crippen LogP contribution in [0.3, 0.4) is 0 Å². The number of amides is 2. The van der Waals surface area contributed by atoms with Crippen LogP contribution < -0.4 is 25.2 Å². The van der Waals surface area contributed by atoms with Gasteiger partial charge in [0, 0.05) is 13.1 Å². The molecule has 2 amide bonds. The lowest BCUT2D eigenvalue weighted by atomic mass is 10.1. The number of hydrogen-bond donors (Lipinski definition) is 3. The Morgan fingerprint density at radius 1 is 0.963 bits per heavy atom. The zero-order valence-corrected chi connectivity index (χ0v) is 16.0. The lowest BCUT2D eigenvalue weighted by Crippen LogP contribution is -2.36. The summed E-state index contributed by atoms with van der Waals surface area (Å²) in [5.41, 5.74) is 1.77. The van der Waals surface area contributed by atoms with Gasteiger partial charge in [0.1, 0.15) is 0 Å². The topological polar surface area (TPSA) is 120 Å². The molecular weight excluding hydrogens is 370 g/mol. The molecule has 0 aliphatic rings. The smallest absolute Gasteiger partial charge is 0.315 e. The van der Waals surface area contributed by atoms with Gasteiger partial charge < -0.3 is 20.1 Å². The minimum Gasteiger partial charge on any atom is -0.493 e. The molecule has 0 radical (unpaired) electrons. The summed E-state index contributed by atoms with van der Waals surface area (Å²) in [6, 6.07) is 11.3. The molecule has 0 saturated heterocycles. The van der Waals surface area contributed by atoms with Gasteiger partial charge in [-0.2, -0.15) is 0 Å². The third-order valence-electron chi connectivity index (χ3n) is 3.85. The first kappa shape index (κ1) is 20.5. The fourth-order valence-corrected chi connectivity index (χ4v) is 2.91. The molecule has 0 heterocycles. The summed E-state index contributed by atoms with van der Waals surface area (Å²) in [5.74, 6) is 1.29. The number of benzene rings is 2. The van der Waals surface area contributed by atoms with E-state index in [0.29, 0.717) is 24.5 Å². The monoisotopic (exact) mass is 393 g/mol. The highest BCUT2D eigenvalue weighted by molar-refractivity contribution is 7.89. The van der Waals surface area contributed by atoms with Crippen LogP contribution in [0.15, 0.2) is 47.4 Å². The van der Waals surface area contributed by atoms with Gasteiger partial charge in [0.25, 0.3) is 0 Å². The molecule has 0 fully saturated rings. The molecule has 0 bridgehead atoms. The second kappa shape index (κ2) is 9.24. The van der Waals surface area contributed by atoms with Gasteiger partial charge in [-0.15, -0.1) is 0 Å². The van der Waals surface area contributed by atoms with Crippen molar-refractivity contribution < 1.29 is 22.7 Å². The van der Waals surface area contributed by atoms with Crippen LogP contribution in [-0.2, 0) is 23.0 Å². The van der Waals surface area contributed by atoms with Crippen molar-refractivity contribution in [3.63, 3.8) is 0 Å². The molecule has 0 saturated carbocycles. The Labute approximate surface area is 158 Å². The molecule has 146 valence electrons. The Balaban J connectivity index is 1.78. The summed E-state index contributed by atoms with van der Waals surface area (Å²) in [6.07, 6.45) is 0.636. The van der Waals surface area contributed by atoms with E-state index >= 15 is 0 Å². The first-order valence-corrected chi connectivity index (χ1v) is 9.72. The number of nitrogens with one attached hydrogen (secondary N) is 2. The van der Waals surface area contributed by atoms with E-state index in [1.165, 1.54) is 12.1 Å². The molecule has 2 aromatic rings. The zero-order valence-electron chi connectivity index (χ0n) is 15.2. The van der Waals surface area contributed by atoms with Crippen molar-refractivity contribution in [2.75, 3.05) is 20.8 Å². The van der Waals surface area contributed by atoms with Crippen LogP contribution in [0, 0.1) is 0 Å². The quantitative estimate of drug-likeness (QED) is 0.626. The van der Waals surface area contributed by atoms with Gasteiger partial charge >= 0.3 is 6.03 Å². The number of primary sulfonamides is 1. The van der Waals surface area contributed by atoms with Gasteiger partial charge in [0.15, 0.2) is 11.5 Å². The number of carbonyl (C=O) groups is 1. The number of methoxy groups -OCH3 is 2. The molecule has 0 atom stereocenters. The Bertz CT molecular complexity index is 882. The first-order valence-electron chi connectivity index (χ1n) is 8.18. The molecule has 0 spiro atoms. The number of ether oxygens (including phenoxy) is 2. The first-order chi connectivity index (χ1) is 12.8. The molecule has 2 rings (SSSR count). The van der Waals surface area contributed by atoms with Crippen LogP contribution in [0.25, 0.3) is 0 Å². The molecule has 2 aromatic carbocycles. The molecule has 0 unspecified atom stereocenters. The van der Waals surface area contributed by atoms with Gasteiger partial charge in [-0.1, -0.05) is 18.2 Å². The van der Waals surface area contributed by atoms with Crippen molar-refractivity contribution in [1.82, 2.24) is 10.6 Å². The van der Waals surface area contributed by atoms with E-state index in [9.17, 15) is 13.2 Å². The summed E-state index contributed by atoms with van der Waals surface area (Å²) in [5, 5.41) is 10.5. The summed E-state index contributed by atoms with van der Waals surface area (Å²) in [6.45, 7) is 0.721. The highest BCUT2D eigenvalue weighted by atomic mass is 32.2. The van der Waals surface area contributed by atoms with Crippen molar-refractivity contribution in [3.05, 3.63) is 53.6 Å². The lowest BCUT2D eigenvalue weighted by Gasteiger charge is -2.11. The molecular formula is C18H23N3O5S. The number of sulfonamides is 1. The normalized spacial score (nSPS) is 10.9. The standard InChI is InChI=1S/C18H23N3O5S/c1-25-16-8-5-13(11-17(16)26-2)9-10-20-18(22)21-12-14-3-6-15(7-4-14)27(19,23)24/h3-8,11H,9-10,12H2,1-2H3,(H2,19,23,24)(H2,20,21,22). The fourth-order valence-electron chi connectivity index (χ4n) is 2.40. The van der Waals surface area contributed by atoms with E-state index in [1.54, 1.807) is 26.4 Å². The summed E-state index contributed by atoms with van der Waals surface area (Å²) in [7, 11) is -0.568. The SMILES string of the molecule is COc1ccc(CCNC(=O)NCc2ccc(S(N)(=O)=O)cc2)cc1OC. The zero-order chi connectivity index (χ0) is 19.9. The van der Waals surface area contributed by atoms with Gasteiger partial charge in [-0.25, -0.2) is 18.4 Å². The van der Waals surface area contributed by atoms with Crippen molar-refractivity contribution in [2.24, 2.45) is 5.14 Å². The van der Waals surface area contributed by atoms with Gasteiger partial charge in [-0.05, 0) is 41.8 Å². The number of hydrogen-bond acceptors (Lipinski definition) is 5. The third kappa shape index (κ3) is 6.15.